The fourth-order valence-corrected chi connectivity index (χ4v) is 5.45. The van der Waals surface area contributed by atoms with Crippen LogP contribution in [-0.4, -0.2) is 50.8 Å². The molecule has 3 rings (SSSR count). The molecule has 0 N–H and O–H groups in total. The van der Waals surface area contributed by atoms with Crippen LogP contribution in [0.4, 0.5) is 35.9 Å². The summed E-state index contributed by atoms with van der Waals surface area (Å²) in [4.78, 5) is 29.2. The van der Waals surface area contributed by atoms with Crippen molar-refractivity contribution in [3.8, 4) is 0 Å². The van der Waals surface area contributed by atoms with Crippen molar-refractivity contribution >= 4 is 34.8 Å². The van der Waals surface area contributed by atoms with E-state index in [1.807, 2.05) is 59.8 Å². The van der Waals surface area contributed by atoms with Crippen molar-refractivity contribution in [3.05, 3.63) is 70.8 Å². The summed E-state index contributed by atoms with van der Waals surface area (Å²) in [7, 11) is 1.09. The van der Waals surface area contributed by atoms with E-state index >= 15 is 0 Å². The van der Waals surface area contributed by atoms with Crippen molar-refractivity contribution in [1.82, 2.24) is 9.80 Å². The van der Waals surface area contributed by atoms with Crippen LogP contribution in [0.2, 0.25) is 0 Å². The average Bonchev–Trinajstić information content (AvgIpc) is 2.89. The van der Waals surface area contributed by atoms with Crippen LogP contribution in [0, 0.1) is 0 Å². The predicted octanol–water partition coefficient (Wildman–Crippen LogP) is 8.45. The first-order valence-corrected chi connectivity index (χ1v) is 14.4. The van der Waals surface area contributed by atoms with Crippen LogP contribution < -0.4 is 0 Å². The second-order valence-corrected chi connectivity index (χ2v) is 13.3. The molecule has 2 amide bonds. The maximum Gasteiger partial charge on any atom is 0.416 e. The first kappa shape index (κ1) is 33.8. The van der Waals surface area contributed by atoms with Crippen LogP contribution in [-0.2, 0) is 34.8 Å². The Bertz CT molecular complexity index is 1200. The summed E-state index contributed by atoms with van der Waals surface area (Å²) >= 11 is 2.00. The van der Waals surface area contributed by atoms with Gasteiger partial charge in [0.1, 0.15) is 0 Å². The van der Waals surface area contributed by atoms with E-state index in [4.69, 9.17) is 9.47 Å². The lowest BCUT2D eigenvalue weighted by molar-refractivity contribution is -0.143. The number of rotatable bonds is 7. The van der Waals surface area contributed by atoms with Gasteiger partial charge in [0.05, 0.1) is 18.2 Å². The first-order valence-electron chi connectivity index (χ1n) is 13.3. The maximum absolute atomic E-state index is 13.5. The number of hydrogen-bond donors (Lipinski definition) is 0. The third-order valence-electron chi connectivity index (χ3n) is 7.05. The number of likely N-dealkylation sites (tertiary alicyclic amines) is 1. The summed E-state index contributed by atoms with van der Waals surface area (Å²) in [6, 6.07) is 9.00. The minimum atomic E-state index is -5.03. The van der Waals surface area contributed by atoms with Crippen molar-refractivity contribution in [2.45, 2.75) is 87.1 Å². The molecule has 6 nitrogen and oxygen atoms in total. The molecule has 0 aromatic heterocycles. The fourth-order valence-electron chi connectivity index (χ4n) is 5.26. The van der Waals surface area contributed by atoms with E-state index in [-0.39, 0.29) is 24.5 Å². The van der Waals surface area contributed by atoms with Gasteiger partial charge in [0.2, 0.25) is 0 Å². The van der Waals surface area contributed by atoms with E-state index in [1.54, 1.807) is 18.7 Å². The summed E-state index contributed by atoms with van der Waals surface area (Å²) < 4.78 is 90.9. The van der Waals surface area contributed by atoms with Crippen LogP contribution in [0.15, 0.2) is 48.5 Å². The first-order chi connectivity index (χ1) is 19.4. The SMILES string of the molecule is CCC1C[C@H](N(Cc2cc(C(F)(F)F)cc(C(F)(F)F)c2)C(=O)OC)CC(Cc2ccccc2)N1C(=O)OC(C)(C)I. The zero-order valence-corrected chi connectivity index (χ0v) is 25.7. The van der Waals surface area contributed by atoms with Gasteiger partial charge in [-0.25, -0.2) is 9.59 Å². The minimum Gasteiger partial charge on any atom is -0.453 e. The van der Waals surface area contributed by atoms with E-state index in [0.29, 0.717) is 25.0 Å². The van der Waals surface area contributed by atoms with Crippen LogP contribution in [0.3, 0.4) is 0 Å². The molecule has 1 heterocycles. The Morgan fingerprint density at radius 2 is 1.48 bits per heavy atom. The van der Waals surface area contributed by atoms with E-state index in [2.05, 4.69) is 0 Å². The molecule has 1 aliphatic rings. The standard InChI is InChI=1S/C29H33F6IN2O4/c1-5-22-15-23(16-24(13-18-9-7-6-8-10-18)38(22)26(40)42-27(2,3)36)37(25(39)41-4)17-19-11-20(28(30,31)32)14-21(12-19)29(33,34)35/h6-12,14,22-24H,5,13,15-17H2,1-4H3/t22?,23-,24?/m0/s1. The number of ether oxygens (including phenoxy) is 2. The summed E-state index contributed by atoms with van der Waals surface area (Å²) in [6.07, 6.45) is -10.2. The molecule has 0 aliphatic carbocycles. The molecular weight excluding hydrogens is 681 g/mol. The monoisotopic (exact) mass is 714 g/mol. The van der Waals surface area contributed by atoms with E-state index in [1.165, 1.54) is 0 Å². The van der Waals surface area contributed by atoms with Crippen molar-refractivity contribution < 1.29 is 45.4 Å². The van der Waals surface area contributed by atoms with Gasteiger partial charge in [0, 0.05) is 24.7 Å². The highest BCUT2D eigenvalue weighted by atomic mass is 127. The van der Waals surface area contributed by atoms with Gasteiger partial charge in [-0.05, 0) is 91.4 Å². The molecule has 1 aliphatic heterocycles. The summed E-state index contributed by atoms with van der Waals surface area (Å²) in [5, 5.41) is 0. The summed E-state index contributed by atoms with van der Waals surface area (Å²) in [5.41, 5.74) is -2.38. The fraction of sp³-hybridized carbons (Fsp3) is 0.517. The second kappa shape index (κ2) is 13.3. The van der Waals surface area contributed by atoms with Crippen LogP contribution in [0.1, 0.15) is 62.3 Å². The minimum absolute atomic E-state index is 0.0493. The third kappa shape index (κ3) is 8.90. The number of nitrogens with zero attached hydrogens (tertiary/aromatic N) is 2. The molecule has 0 bridgehead atoms. The van der Waals surface area contributed by atoms with Crippen LogP contribution >= 0.6 is 22.6 Å². The summed E-state index contributed by atoms with van der Waals surface area (Å²) in [6.45, 7) is 4.76. The Morgan fingerprint density at radius 3 is 1.95 bits per heavy atom. The number of alkyl halides is 7. The second-order valence-electron chi connectivity index (χ2n) is 10.7. The normalized spacial score (nSPS) is 19.8. The number of carbonyl (C=O) groups excluding carboxylic acids is 2. The van der Waals surface area contributed by atoms with Gasteiger partial charge in [0.15, 0.2) is 3.61 Å². The highest BCUT2D eigenvalue weighted by Crippen LogP contribution is 2.38. The van der Waals surface area contributed by atoms with E-state index in [9.17, 15) is 35.9 Å². The van der Waals surface area contributed by atoms with E-state index in [0.717, 1.165) is 17.6 Å². The topological polar surface area (TPSA) is 59.1 Å². The highest BCUT2D eigenvalue weighted by Gasteiger charge is 2.43. The molecule has 0 spiro atoms. The Labute approximate surface area is 254 Å². The molecule has 2 unspecified atom stereocenters. The van der Waals surface area contributed by atoms with Gasteiger partial charge in [-0.1, -0.05) is 37.3 Å². The van der Waals surface area contributed by atoms with Gasteiger partial charge in [-0.2, -0.15) is 26.3 Å². The molecule has 2 aromatic rings. The van der Waals surface area contributed by atoms with E-state index < -0.39 is 63.9 Å². The van der Waals surface area contributed by atoms with Gasteiger partial charge in [-0.3, -0.25) is 0 Å². The number of piperidine rings is 1. The summed E-state index contributed by atoms with van der Waals surface area (Å²) in [5.74, 6) is 0. The Kier molecular flexibility index (Phi) is 10.7. The van der Waals surface area contributed by atoms with Gasteiger partial charge in [0.25, 0.3) is 0 Å². The molecule has 0 radical (unpaired) electrons. The highest BCUT2D eigenvalue weighted by molar-refractivity contribution is 14.1. The van der Waals surface area contributed by atoms with Gasteiger partial charge >= 0.3 is 24.5 Å². The molecule has 1 fully saturated rings. The largest absolute Gasteiger partial charge is 0.453 e. The Morgan fingerprint density at radius 1 is 0.929 bits per heavy atom. The lowest BCUT2D eigenvalue weighted by atomic mass is 9.86. The number of carbonyl (C=O) groups is 2. The maximum atomic E-state index is 13.5. The zero-order valence-electron chi connectivity index (χ0n) is 23.6. The lowest BCUT2D eigenvalue weighted by Crippen LogP contribution is -2.58. The molecule has 232 valence electrons. The molecular formula is C29H33F6IN2O4. The lowest BCUT2D eigenvalue weighted by Gasteiger charge is -2.47. The van der Waals surface area contributed by atoms with Crippen molar-refractivity contribution in [2.75, 3.05) is 7.11 Å². The number of methoxy groups -OCH3 is 1. The number of benzene rings is 2. The smallest absolute Gasteiger partial charge is 0.416 e. The molecule has 1 saturated heterocycles. The molecule has 3 atom stereocenters. The number of amides is 2. The Hall–Kier alpha value is -2.71. The average molecular weight is 714 g/mol. The molecule has 42 heavy (non-hydrogen) atoms. The van der Waals surface area contributed by atoms with Crippen molar-refractivity contribution in [1.29, 1.82) is 0 Å². The Balaban J connectivity index is 2.03. The van der Waals surface area contributed by atoms with Crippen molar-refractivity contribution in [2.24, 2.45) is 0 Å². The van der Waals surface area contributed by atoms with Crippen molar-refractivity contribution in [3.63, 3.8) is 0 Å². The van der Waals surface area contributed by atoms with Gasteiger partial charge in [-0.15, -0.1) is 0 Å². The molecule has 13 heteroatoms. The van der Waals surface area contributed by atoms with Gasteiger partial charge < -0.3 is 19.3 Å². The van der Waals surface area contributed by atoms with Crippen LogP contribution in [0.5, 0.6) is 0 Å². The molecule has 0 saturated carbocycles. The zero-order chi connectivity index (χ0) is 31.5. The quantitative estimate of drug-likeness (QED) is 0.164. The predicted molar refractivity (Wildman–Crippen MR) is 152 cm³/mol. The van der Waals surface area contributed by atoms with Crippen LogP contribution in [0.25, 0.3) is 0 Å². The molecule has 2 aromatic carbocycles. The number of halogens is 7. The third-order valence-corrected chi connectivity index (χ3v) is 7.27. The number of hydrogen-bond acceptors (Lipinski definition) is 4.